The predicted molar refractivity (Wildman–Crippen MR) is 79.7 cm³/mol. The van der Waals surface area contributed by atoms with Crippen LogP contribution >= 0.6 is 23.2 Å². The van der Waals surface area contributed by atoms with Crippen molar-refractivity contribution in [2.45, 2.75) is 20.4 Å². The maximum Gasteiger partial charge on any atom is 0.0424 e. The number of hydrogen-bond donors (Lipinski definition) is 1. The van der Waals surface area contributed by atoms with Crippen LogP contribution in [0.1, 0.15) is 16.7 Å². The minimum Gasteiger partial charge on any atom is -0.381 e. The molecular weight excluding hydrogens is 265 g/mol. The predicted octanol–water partition coefficient (Wildman–Crippen LogP) is 5.22. The zero-order valence-corrected chi connectivity index (χ0v) is 11.9. The Kier molecular flexibility index (Phi) is 4.15. The molecule has 1 N–H and O–H groups in total. The lowest BCUT2D eigenvalue weighted by Gasteiger charge is -2.11. The largest absolute Gasteiger partial charge is 0.381 e. The van der Waals surface area contributed by atoms with Crippen molar-refractivity contribution in [1.29, 1.82) is 0 Å². The molecule has 3 heteroatoms. The summed E-state index contributed by atoms with van der Waals surface area (Å²) in [5, 5.41) is 4.74. The lowest BCUT2D eigenvalue weighted by Crippen LogP contribution is -2.01. The van der Waals surface area contributed by atoms with Gasteiger partial charge in [0.1, 0.15) is 0 Å². The van der Waals surface area contributed by atoms with Crippen molar-refractivity contribution in [3.63, 3.8) is 0 Å². The first kappa shape index (κ1) is 13.3. The molecular formula is C15H15Cl2N. The molecule has 0 aromatic heterocycles. The van der Waals surface area contributed by atoms with E-state index in [0.29, 0.717) is 16.6 Å². The maximum absolute atomic E-state index is 5.98. The highest BCUT2D eigenvalue weighted by molar-refractivity contribution is 6.34. The van der Waals surface area contributed by atoms with Crippen LogP contribution in [0.4, 0.5) is 5.69 Å². The number of nitrogens with one attached hydrogen (secondary N) is 1. The summed E-state index contributed by atoms with van der Waals surface area (Å²) < 4.78 is 0. The van der Waals surface area contributed by atoms with E-state index >= 15 is 0 Å². The van der Waals surface area contributed by atoms with Crippen LogP contribution in [0.3, 0.4) is 0 Å². The van der Waals surface area contributed by atoms with E-state index in [1.165, 1.54) is 11.1 Å². The molecule has 0 unspecified atom stereocenters. The van der Waals surface area contributed by atoms with E-state index in [0.717, 1.165) is 11.3 Å². The zero-order valence-electron chi connectivity index (χ0n) is 10.4. The molecule has 2 aromatic carbocycles. The first-order chi connectivity index (χ1) is 8.54. The molecule has 0 atom stereocenters. The molecule has 2 aromatic rings. The van der Waals surface area contributed by atoms with Gasteiger partial charge in [0, 0.05) is 22.3 Å². The number of benzene rings is 2. The summed E-state index contributed by atoms with van der Waals surface area (Å²) in [6, 6.07) is 11.9. The van der Waals surface area contributed by atoms with Crippen LogP contribution in [0.5, 0.6) is 0 Å². The number of anilines is 1. The Morgan fingerprint density at radius 3 is 2.28 bits per heavy atom. The van der Waals surface area contributed by atoms with Crippen LogP contribution in [-0.2, 0) is 6.54 Å². The Morgan fingerprint density at radius 2 is 1.61 bits per heavy atom. The highest BCUT2D eigenvalue weighted by Gasteiger charge is 2.01. The maximum atomic E-state index is 5.98. The quantitative estimate of drug-likeness (QED) is 0.812. The third-order valence-corrected chi connectivity index (χ3v) is 3.23. The Hall–Kier alpha value is -1.18. The van der Waals surface area contributed by atoms with Gasteiger partial charge in [-0.1, -0.05) is 35.3 Å². The van der Waals surface area contributed by atoms with E-state index in [1.54, 1.807) is 6.07 Å². The van der Waals surface area contributed by atoms with Gasteiger partial charge >= 0.3 is 0 Å². The summed E-state index contributed by atoms with van der Waals surface area (Å²) in [6.07, 6.45) is 0. The molecule has 0 saturated carbocycles. The first-order valence-corrected chi connectivity index (χ1v) is 6.56. The van der Waals surface area contributed by atoms with Crippen molar-refractivity contribution in [2.75, 3.05) is 5.32 Å². The fourth-order valence-electron chi connectivity index (χ4n) is 1.84. The number of halogens is 2. The molecule has 0 bridgehead atoms. The standard InChI is InChI=1S/C15H15Cl2N/c1-10-3-4-11(2)15(5-10)18-9-12-6-13(16)8-14(17)7-12/h3-8,18H,9H2,1-2H3. The van der Waals surface area contributed by atoms with Gasteiger partial charge in [-0.3, -0.25) is 0 Å². The van der Waals surface area contributed by atoms with Crippen molar-refractivity contribution in [3.8, 4) is 0 Å². The molecule has 0 aliphatic carbocycles. The zero-order chi connectivity index (χ0) is 13.1. The van der Waals surface area contributed by atoms with E-state index < -0.39 is 0 Å². The molecule has 0 saturated heterocycles. The second-order valence-corrected chi connectivity index (χ2v) is 5.32. The van der Waals surface area contributed by atoms with Gasteiger partial charge in [-0.05, 0) is 54.8 Å². The van der Waals surface area contributed by atoms with Gasteiger partial charge < -0.3 is 5.32 Å². The first-order valence-electron chi connectivity index (χ1n) is 5.81. The third kappa shape index (κ3) is 3.41. The van der Waals surface area contributed by atoms with Crippen molar-refractivity contribution in [2.24, 2.45) is 0 Å². The van der Waals surface area contributed by atoms with E-state index in [4.69, 9.17) is 23.2 Å². The molecule has 0 heterocycles. The summed E-state index contributed by atoms with van der Waals surface area (Å²) in [5.41, 5.74) is 4.69. The van der Waals surface area contributed by atoms with Crippen LogP contribution < -0.4 is 5.32 Å². The van der Waals surface area contributed by atoms with Gasteiger partial charge in [-0.2, -0.15) is 0 Å². The Labute approximate surface area is 118 Å². The van der Waals surface area contributed by atoms with Crippen LogP contribution in [-0.4, -0.2) is 0 Å². The molecule has 1 nitrogen and oxygen atoms in total. The number of hydrogen-bond acceptors (Lipinski definition) is 1. The van der Waals surface area contributed by atoms with Crippen molar-refractivity contribution in [3.05, 3.63) is 63.1 Å². The van der Waals surface area contributed by atoms with Gasteiger partial charge in [-0.25, -0.2) is 0 Å². The summed E-state index contributed by atoms with van der Waals surface area (Å²) >= 11 is 12.0. The smallest absolute Gasteiger partial charge is 0.0424 e. The van der Waals surface area contributed by atoms with Gasteiger partial charge in [0.25, 0.3) is 0 Å². The topological polar surface area (TPSA) is 12.0 Å². The monoisotopic (exact) mass is 279 g/mol. The van der Waals surface area contributed by atoms with E-state index in [-0.39, 0.29) is 0 Å². The van der Waals surface area contributed by atoms with Gasteiger partial charge in [0.05, 0.1) is 0 Å². The van der Waals surface area contributed by atoms with Gasteiger partial charge in [0.2, 0.25) is 0 Å². The third-order valence-electron chi connectivity index (χ3n) is 2.80. The molecule has 0 fully saturated rings. The number of aryl methyl sites for hydroxylation is 2. The van der Waals surface area contributed by atoms with Gasteiger partial charge in [0.15, 0.2) is 0 Å². The van der Waals surface area contributed by atoms with Crippen LogP contribution in [0.25, 0.3) is 0 Å². The second-order valence-electron chi connectivity index (χ2n) is 4.45. The Balaban J connectivity index is 2.13. The van der Waals surface area contributed by atoms with Crippen LogP contribution in [0, 0.1) is 13.8 Å². The van der Waals surface area contributed by atoms with Crippen molar-refractivity contribution >= 4 is 28.9 Å². The fraction of sp³-hybridized carbons (Fsp3) is 0.200. The molecule has 0 aliphatic rings. The lowest BCUT2D eigenvalue weighted by molar-refractivity contribution is 1.14. The van der Waals surface area contributed by atoms with Crippen molar-refractivity contribution < 1.29 is 0 Å². The van der Waals surface area contributed by atoms with Gasteiger partial charge in [-0.15, -0.1) is 0 Å². The minimum atomic E-state index is 0.667. The summed E-state index contributed by atoms with van der Waals surface area (Å²) in [4.78, 5) is 0. The molecule has 0 radical (unpaired) electrons. The molecule has 0 spiro atoms. The highest BCUT2D eigenvalue weighted by Crippen LogP contribution is 2.21. The molecule has 2 rings (SSSR count). The minimum absolute atomic E-state index is 0.667. The van der Waals surface area contributed by atoms with Crippen molar-refractivity contribution in [1.82, 2.24) is 0 Å². The highest BCUT2D eigenvalue weighted by atomic mass is 35.5. The molecule has 0 aliphatic heterocycles. The van der Waals surface area contributed by atoms with E-state index in [2.05, 4.69) is 37.4 Å². The molecule has 0 amide bonds. The Bertz CT molecular complexity index is 544. The lowest BCUT2D eigenvalue weighted by atomic mass is 10.1. The fourth-order valence-corrected chi connectivity index (χ4v) is 2.41. The molecule has 94 valence electrons. The van der Waals surface area contributed by atoms with Crippen LogP contribution in [0.15, 0.2) is 36.4 Å². The normalized spacial score (nSPS) is 10.4. The van der Waals surface area contributed by atoms with E-state index in [9.17, 15) is 0 Å². The molecule has 18 heavy (non-hydrogen) atoms. The second kappa shape index (κ2) is 5.64. The average Bonchev–Trinajstić information content (AvgIpc) is 2.29. The summed E-state index contributed by atoms with van der Waals surface area (Å²) in [5.74, 6) is 0. The van der Waals surface area contributed by atoms with E-state index in [1.807, 2.05) is 12.1 Å². The summed E-state index contributed by atoms with van der Waals surface area (Å²) in [6.45, 7) is 4.89. The Morgan fingerprint density at radius 1 is 0.944 bits per heavy atom. The summed E-state index contributed by atoms with van der Waals surface area (Å²) in [7, 11) is 0. The number of rotatable bonds is 3. The van der Waals surface area contributed by atoms with Crippen LogP contribution in [0.2, 0.25) is 10.0 Å². The SMILES string of the molecule is Cc1ccc(C)c(NCc2cc(Cl)cc(Cl)c2)c1. The average molecular weight is 280 g/mol.